The van der Waals surface area contributed by atoms with E-state index in [0.29, 0.717) is 24.5 Å². The summed E-state index contributed by atoms with van der Waals surface area (Å²) in [6.45, 7) is 1.78. The van der Waals surface area contributed by atoms with Crippen molar-refractivity contribution in [2.75, 3.05) is 39.7 Å². The molecule has 2 atom stereocenters. The lowest BCUT2D eigenvalue weighted by atomic mass is 9.85. The number of hydrogen-bond donors (Lipinski definition) is 2. The predicted molar refractivity (Wildman–Crippen MR) is 114 cm³/mol. The van der Waals surface area contributed by atoms with Crippen molar-refractivity contribution in [2.45, 2.75) is 18.9 Å². The first-order chi connectivity index (χ1) is 13.6. The largest absolute Gasteiger partial charge is 0.497 e. The van der Waals surface area contributed by atoms with Gasteiger partial charge in [0, 0.05) is 18.3 Å². The van der Waals surface area contributed by atoms with Crippen LogP contribution in [0, 0.1) is 5.92 Å². The zero-order chi connectivity index (χ0) is 19.9. The summed E-state index contributed by atoms with van der Waals surface area (Å²) >= 11 is 0. The lowest BCUT2D eigenvalue weighted by Crippen LogP contribution is -2.38. The van der Waals surface area contributed by atoms with E-state index in [-0.39, 0.29) is 0 Å². The topological polar surface area (TPSA) is 72.1 Å². The molecular formula is C22H30N4O2. The highest BCUT2D eigenvalue weighted by atomic mass is 16.5. The predicted octanol–water partition coefficient (Wildman–Crippen LogP) is 3.51. The van der Waals surface area contributed by atoms with Crippen molar-refractivity contribution in [3.8, 4) is 11.5 Å². The van der Waals surface area contributed by atoms with Gasteiger partial charge in [-0.15, -0.1) is 0 Å². The summed E-state index contributed by atoms with van der Waals surface area (Å²) in [6.07, 6.45) is 2.31. The number of guanidine groups is 1. The van der Waals surface area contributed by atoms with Crippen LogP contribution in [0.25, 0.3) is 0 Å². The van der Waals surface area contributed by atoms with Crippen molar-refractivity contribution in [3.05, 3.63) is 54.1 Å². The molecule has 6 heteroatoms. The molecular weight excluding hydrogens is 352 g/mol. The normalized spacial score (nSPS) is 20.6. The molecule has 3 rings (SSSR count). The summed E-state index contributed by atoms with van der Waals surface area (Å²) in [6, 6.07) is 16.3. The van der Waals surface area contributed by atoms with Gasteiger partial charge in [0.25, 0.3) is 0 Å². The van der Waals surface area contributed by atoms with E-state index in [4.69, 9.17) is 15.2 Å². The minimum absolute atomic E-state index is 0.331. The fraction of sp³-hybridized carbons (Fsp3) is 0.409. The Hall–Kier alpha value is -2.73. The molecule has 1 fully saturated rings. The molecule has 1 aliphatic rings. The average molecular weight is 383 g/mol. The van der Waals surface area contributed by atoms with Gasteiger partial charge < -0.3 is 20.5 Å². The maximum absolute atomic E-state index is 6.13. The second-order valence-corrected chi connectivity index (χ2v) is 7.18. The number of aliphatic imine (C=N–C) groups is 1. The van der Waals surface area contributed by atoms with Crippen molar-refractivity contribution in [2.24, 2.45) is 16.6 Å². The quantitative estimate of drug-likeness (QED) is 0.591. The summed E-state index contributed by atoms with van der Waals surface area (Å²) in [7, 11) is 5.53. The Kier molecular flexibility index (Phi) is 6.76. The fourth-order valence-electron chi connectivity index (χ4n) is 3.86. The molecule has 0 aliphatic carbocycles. The number of rotatable bonds is 6. The third kappa shape index (κ3) is 4.95. The fourth-order valence-corrected chi connectivity index (χ4v) is 3.86. The molecule has 6 nitrogen and oxygen atoms in total. The summed E-state index contributed by atoms with van der Waals surface area (Å²) in [5.74, 6) is 2.55. The summed E-state index contributed by atoms with van der Waals surface area (Å²) in [4.78, 5) is 7.05. The van der Waals surface area contributed by atoms with Crippen LogP contribution in [0.1, 0.15) is 24.4 Å². The molecule has 0 radical (unpaired) electrons. The number of methoxy groups -OCH3 is 2. The van der Waals surface area contributed by atoms with Crippen LogP contribution in [0.15, 0.2) is 53.5 Å². The van der Waals surface area contributed by atoms with Gasteiger partial charge in [0.15, 0.2) is 5.96 Å². The van der Waals surface area contributed by atoms with Gasteiger partial charge in [-0.3, -0.25) is 9.89 Å². The number of piperidine rings is 1. The van der Waals surface area contributed by atoms with Crippen molar-refractivity contribution >= 4 is 11.6 Å². The van der Waals surface area contributed by atoms with Crippen LogP contribution in [0.2, 0.25) is 0 Å². The van der Waals surface area contributed by atoms with Crippen molar-refractivity contribution in [1.29, 1.82) is 0 Å². The molecule has 2 aromatic carbocycles. The van der Waals surface area contributed by atoms with E-state index in [2.05, 4.69) is 34.4 Å². The van der Waals surface area contributed by atoms with Gasteiger partial charge in [-0.2, -0.15) is 0 Å². The second-order valence-electron chi connectivity index (χ2n) is 7.18. The maximum atomic E-state index is 6.13. The van der Waals surface area contributed by atoms with E-state index in [1.165, 1.54) is 12.0 Å². The van der Waals surface area contributed by atoms with Gasteiger partial charge in [-0.1, -0.05) is 12.1 Å². The first kappa shape index (κ1) is 20.0. The molecule has 0 aromatic heterocycles. The molecule has 2 unspecified atom stereocenters. The highest BCUT2D eigenvalue weighted by Gasteiger charge is 2.30. The molecule has 0 bridgehead atoms. The minimum Gasteiger partial charge on any atom is -0.497 e. The van der Waals surface area contributed by atoms with Crippen LogP contribution >= 0.6 is 0 Å². The Morgan fingerprint density at radius 3 is 2.29 bits per heavy atom. The monoisotopic (exact) mass is 382 g/mol. The highest BCUT2D eigenvalue weighted by molar-refractivity contribution is 5.92. The van der Waals surface area contributed by atoms with Crippen LogP contribution in [0.5, 0.6) is 11.5 Å². The number of ether oxygens (including phenoxy) is 2. The van der Waals surface area contributed by atoms with Gasteiger partial charge in [0.2, 0.25) is 0 Å². The highest BCUT2D eigenvalue weighted by Crippen LogP contribution is 2.35. The van der Waals surface area contributed by atoms with Gasteiger partial charge in [0.1, 0.15) is 11.5 Å². The third-order valence-corrected chi connectivity index (χ3v) is 5.32. The molecule has 0 amide bonds. The van der Waals surface area contributed by atoms with Crippen molar-refractivity contribution < 1.29 is 9.47 Å². The van der Waals surface area contributed by atoms with Crippen LogP contribution in [0.4, 0.5) is 5.69 Å². The van der Waals surface area contributed by atoms with E-state index >= 15 is 0 Å². The first-order valence-corrected chi connectivity index (χ1v) is 9.66. The Labute approximate surface area is 167 Å². The van der Waals surface area contributed by atoms with Crippen LogP contribution in [0.3, 0.4) is 0 Å². The number of hydrogen-bond acceptors (Lipinski definition) is 4. The zero-order valence-electron chi connectivity index (χ0n) is 16.9. The Morgan fingerprint density at radius 2 is 1.68 bits per heavy atom. The Balaban J connectivity index is 1.67. The second kappa shape index (κ2) is 9.46. The number of nitrogens with zero attached hydrogens (tertiary/aromatic N) is 2. The number of likely N-dealkylation sites (tertiary alicyclic amines) is 1. The van der Waals surface area contributed by atoms with E-state index in [1.54, 1.807) is 14.2 Å². The maximum Gasteiger partial charge on any atom is 0.193 e. The summed E-state index contributed by atoms with van der Waals surface area (Å²) in [5.41, 5.74) is 8.32. The molecule has 1 saturated heterocycles. The van der Waals surface area contributed by atoms with Crippen molar-refractivity contribution in [3.63, 3.8) is 0 Å². The minimum atomic E-state index is 0.331. The van der Waals surface area contributed by atoms with Crippen LogP contribution in [-0.4, -0.2) is 45.2 Å². The van der Waals surface area contributed by atoms with E-state index in [1.807, 2.05) is 36.4 Å². The van der Waals surface area contributed by atoms with E-state index in [9.17, 15) is 0 Å². The van der Waals surface area contributed by atoms with Crippen LogP contribution in [-0.2, 0) is 0 Å². The van der Waals surface area contributed by atoms with Gasteiger partial charge in [-0.25, -0.2) is 0 Å². The third-order valence-electron chi connectivity index (χ3n) is 5.32. The zero-order valence-corrected chi connectivity index (χ0v) is 16.9. The van der Waals surface area contributed by atoms with Crippen LogP contribution < -0.4 is 20.5 Å². The molecule has 1 aliphatic heterocycles. The first-order valence-electron chi connectivity index (χ1n) is 9.66. The van der Waals surface area contributed by atoms with E-state index < -0.39 is 0 Å². The lowest BCUT2D eigenvalue weighted by Gasteiger charge is -2.39. The SMILES string of the molecule is COc1ccc(NC(N)=NCC2CCCN(C)C2c2ccc(OC)cc2)cc1. The molecule has 1 heterocycles. The van der Waals surface area contributed by atoms with Gasteiger partial charge in [-0.05, 0) is 74.3 Å². The summed E-state index contributed by atoms with van der Waals surface area (Å²) in [5, 5.41) is 3.16. The smallest absolute Gasteiger partial charge is 0.193 e. The average Bonchev–Trinajstić information content (AvgIpc) is 2.73. The van der Waals surface area contributed by atoms with Crippen molar-refractivity contribution in [1.82, 2.24) is 4.90 Å². The van der Waals surface area contributed by atoms with Gasteiger partial charge >= 0.3 is 0 Å². The standard InChI is InChI=1S/C22H30N4O2/c1-26-14-4-5-17(21(26)16-6-10-19(27-2)11-7-16)15-24-22(23)25-18-8-12-20(28-3)13-9-18/h6-13,17,21H,4-5,14-15H2,1-3H3,(H3,23,24,25). The molecule has 150 valence electrons. The van der Waals surface area contributed by atoms with E-state index in [0.717, 1.165) is 30.2 Å². The number of benzene rings is 2. The Morgan fingerprint density at radius 1 is 1.07 bits per heavy atom. The molecule has 2 aromatic rings. The number of anilines is 1. The number of nitrogens with two attached hydrogens (primary N) is 1. The molecule has 0 spiro atoms. The molecule has 0 saturated carbocycles. The summed E-state index contributed by atoms with van der Waals surface area (Å²) < 4.78 is 10.5. The molecule has 3 N–H and O–H groups in total. The molecule has 28 heavy (non-hydrogen) atoms. The number of nitrogens with one attached hydrogen (secondary N) is 1. The Bertz CT molecular complexity index is 774. The lowest BCUT2D eigenvalue weighted by molar-refractivity contribution is 0.125. The van der Waals surface area contributed by atoms with Gasteiger partial charge in [0.05, 0.1) is 14.2 Å².